The maximum Gasteiger partial charge on any atom is 0.217 e. The van der Waals surface area contributed by atoms with Gasteiger partial charge in [0.25, 0.3) is 0 Å². The summed E-state index contributed by atoms with van der Waals surface area (Å²) in [6.07, 6.45) is 22.0. The molecule has 8 atom stereocenters. The van der Waals surface area contributed by atoms with Crippen LogP contribution in [0, 0.1) is 47.3 Å². The predicted octanol–water partition coefficient (Wildman–Crippen LogP) is 21.7. The van der Waals surface area contributed by atoms with Crippen molar-refractivity contribution in [2.45, 2.75) is 204 Å². The zero-order chi connectivity index (χ0) is 92.6. The average Bonchev–Trinajstić information content (AvgIpc) is 0.962. The molecule has 8 aromatic rings. The molecule has 0 unspecified atom stereocenters. The summed E-state index contributed by atoms with van der Waals surface area (Å²) in [5, 5.41) is -1.65. The van der Waals surface area contributed by atoms with Crippen molar-refractivity contribution in [3.8, 4) is 46.0 Å². The number of benzene rings is 8. The largest absolute Gasteiger partial charge is 0.497 e. The van der Waals surface area contributed by atoms with Gasteiger partial charge in [0.2, 0.25) is 40.1 Å². The Bertz CT molecular complexity index is 4320. The van der Waals surface area contributed by atoms with E-state index in [0.29, 0.717) is 102 Å². The molecule has 0 heterocycles. The van der Waals surface area contributed by atoms with Crippen LogP contribution in [-0.2, 0) is 92.5 Å². The Morgan fingerprint density at radius 3 is 0.453 bits per heavy atom. The SMILES string of the molecule is C=CC[C@@H](C)[C@@H](CC1CC1)S(=O)(=O)N(Cc1ccc(OC)cc1)Cc1ccc(OC)cc1.C=CC[C@@H](C)[C@H](CC1CC1)S(=O)(=O)N(Cc1ccc(OC)cc1)Cc1ccc(OC)cc1.C=CC[C@H](C)[C@@H](CC1CC1)S(=O)(=O)N(Cc1ccc(OC)cc1)Cc1ccc(OC)cc1.C=CC[C@H](C)[C@H](CC1CC1)S(=O)(=O)N(Cc1ccc(OC)cc1)Cc1ccc(OC)cc1. The number of hydrogen-bond donors (Lipinski definition) is 0. The summed E-state index contributed by atoms with van der Waals surface area (Å²) in [6.45, 7) is 26.1. The first-order valence-corrected chi connectivity index (χ1v) is 50.9. The Hall–Kier alpha value is -9.24. The molecule has 0 N–H and O–H groups in total. The van der Waals surface area contributed by atoms with Crippen molar-refractivity contribution in [1.82, 2.24) is 17.2 Å². The summed E-state index contributed by atoms with van der Waals surface area (Å²) in [7, 11) is -1.19. The van der Waals surface area contributed by atoms with E-state index < -0.39 is 61.1 Å². The van der Waals surface area contributed by atoms with Gasteiger partial charge in [-0.2, -0.15) is 17.2 Å². The minimum atomic E-state index is -3.54. The fourth-order valence-corrected chi connectivity index (χ4v) is 25.2. The van der Waals surface area contributed by atoms with Crippen molar-refractivity contribution in [3.63, 3.8) is 0 Å². The molecular weight excluding hydrogens is 1690 g/mol. The summed E-state index contributed by atoms with van der Waals surface area (Å²) >= 11 is 0. The second kappa shape index (κ2) is 50.2. The molecule has 4 aliphatic carbocycles. The summed E-state index contributed by atoms with van der Waals surface area (Å²) in [5.74, 6) is 8.19. The third-order valence-electron chi connectivity index (χ3n) is 24.9. The van der Waals surface area contributed by atoms with E-state index in [1.54, 1.807) is 74.1 Å². The summed E-state index contributed by atoms with van der Waals surface area (Å²) in [4.78, 5) is 0. The maximum atomic E-state index is 14.0. The van der Waals surface area contributed by atoms with Crippen molar-refractivity contribution in [1.29, 1.82) is 0 Å². The van der Waals surface area contributed by atoms with Crippen LogP contribution in [0.25, 0.3) is 0 Å². The van der Waals surface area contributed by atoms with Crippen molar-refractivity contribution in [3.05, 3.63) is 289 Å². The van der Waals surface area contributed by atoms with E-state index in [9.17, 15) is 33.7 Å². The predicted molar refractivity (Wildman–Crippen MR) is 517 cm³/mol. The Morgan fingerprint density at radius 1 is 0.242 bits per heavy atom. The highest BCUT2D eigenvalue weighted by atomic mass is 32.2. The minimum Gasteiger partial charge on any atom is -0.497 e. The molecule has 4 aliphatic rings. The van der Waals surface area contributed by atoms with Crippen LogP contribution in [-0.4, -0.2) is 129 Å². The molecular formula is C104H140N4O16S4. The van der Waals surface area contributed by atoms with Gasteiger partial charge in [0.15, 0.2) is 0 Å². The lowest BCUT2D eigenvalue weighted by molar-refractivity contribution is 0.369. The fourth-order valence-electron chi connectivity index (χ4n) is 16.2. The Kier molecular flexibility index (Phi) is 40.2. The maximum absolute atomic E-state index is 14.0. The lowest BCUT2D eigenvalue weighted by atomic mass is 9.99. The summed E-state index contributed by atoms with van der Waals surface area (Å²) in [6, 6.07) is 60.8. The summed E-state index contributed by atoms with van der Waals surface area (Å²) < 4.78 is 161. The molecule has 4 fully saturated rings. The van der Waals surface area contributed by atoms with Crippen molar-refractivity contribution in [2.24, 2.45) is 47.3 Å². The van der Waals surface area contributed by atoms with Gasteiger partial charge in [-0.1, -0.05) is 200 Å². The standard InChI is InChI=1S/4C26H35NO4S/c4*1-5-6-20(2)26(17-21-7-8-21)32(28,29)27(18-22-9-13-24(30-3)14-10-22)19-23-11-15-25(31-4)16-12-23/h4*5,9-16,20-21,26H,1,6-8,17-19H2,2-4H3/t2*20-,26+;2*20-,26-/m1010/s1. The Balaban J connectivity index is 0.000000193. The molecule has 0 amide bonds. The van der Waals surface area contributed by atoms with Crippen LogP contribution in [0.3, 0.4) is 0 Å². The first kappa shape index (κ1) is 102. The van der Waals surface area contributed by atoms with Gasteiger partial charge in [-0.3, -0.25) is 0 Å². The van der Waals surface area contributed by atoms with E-state index in [-0.39, 0.29) is 23.7 Å². The second-order valence-electron chi connectivity index (χ2n) is 34.9. The van der Waals surface area contributed by atoms with Crippen molar-refractivity contribution >= 4 is 40.1 Å². The van der Waals surface area contributed by atoms with Crippen LogP contribution in [0.5, 0.6) is 46.0 Å². The van der Waals surface area contributed by atoms with Crippen LogP contribution < -0.4 is 37.9 Å². The second-order valence-corrected chi connectivity index (χ2v) is 43.5. The normalized spacial score (nSPS) is 15.9. The molecule has 8 aromatic carbocycles. The van der Waals surface area contributed by atoms with Gasteiger partial charge in [-0.05, 0) is 240 Å². The number of rotatable bonds is 52. The van der Waals surface area contributed by atoms with Gasteiger partial charge < -0.3 is 37.9 Å². The fraction of sp³-hybridized carbons (Fsp3) is 0.462. The first-order chi connectivity index (χ1) is 61.5. The molecule has 0 radical (unpaired) electrons. The quantitative estimate of drug-likeness (QED) is 0.0323. The van der Waals surface area contributed by atoms with E-state index in [1.165, 1.54) is 0 Å². The van der Waals surface area contributed by atoms with Crippen molar-refractivity contribution in [2.75, 3.05) is 56.9 Å². The van der Waals surface area contributed by atoms with Gasteiger partial charge in [-0.25, -0.2) is 33.7 Å². The van der Waals surface area contributed by atoms with Crippen LogP contribution >= 0.6 is 0 Å². The van der Waals surface area contributed by atoms with Gasteiger partial charge in [0, 0.05) is 52.4 Å². The molecule has 4 saturated carbocycles. The zero-order valence-electron chi connectivity index (χ0n) is 77.5. The molecule has 20 nitrogen and oxygen atoms in total. The molecule has 0 aliphatic heterocycles. The third-order valence-corrected chi connectivity index (χ3v) is 34.5. The van der Waals surface area contributed by atoms with E-state index in [0.717, 1.165) is 168 Å². The summed E-state index contributed by atoms with van der Waals surface area (Å²) in [5.41, 5.74) is 7.48. The number of ether oxygens (including phenoxy) is 8. The van der Waals surface area contributed by atoms with Gasteiger partial charge in [-0.15, -0.1) is 26.3 Å². The van der Waals surface area contributed by atoms with Gasteiger partial charge >= 0.3 is 0 Å². The Labute approximate surface area is 766 Å². The van der Waals surface area contributed by atoms with Crippen LogP contribution in [0.4, 0.5) is 0 Å². The molecule has 0 spiro atoms. The monoisotopic (exact) mass is 1830 g/mol. The molecule has 0 saturated heterocycles. The minimum absolute atomic E-state index is 0.0207. The highest BCUT2D eigenvalue weighted by Gasteiger charge is 2.44. The number of nitrogens with zero attached hydrogens (tertiary/aromatic N) is 4. The van der Waals surface area contributed by atoms with E-state index in [4.69, 9.17) is 37.9 Å². The molecule has 24 heteroatoms. The highest BCUT2D eigenvalue weighted by Crippen LogP contribution is 2.44. The lowest BCUT2D eigenvalue weighted by Gasteiger charge is -2.31. The smallest absolute Gasteiger partial charge is 0.217 e. The van der Waals surface area contributed by atoms with Gasteiger partial charge in [0.1, 0.15) is 46.0 Å². The lowest BCUT2D eigenvalue weighted by Crippen LogP contribution is -2.41. The number of allylic oxidation sites excluding steroid dienone is 4. The molecule has 0 bridgehead atoms. The van der Waals surface area contributed by atoms with E-state index in [2.05, 4.69) is 26.3 Å². The molecule has 0 aromatic heterocycles. The third kappa shape index (κ3) is 31.5. The number of methoxy groups -OCH3 is 8. The molecule has 696 valence electrons. The highest BCUT2D eigenvalue weighted by molar-refractivity contribution is 7.90. The van der Waals surface area contributed by atoms with Crippen LogP contribution in [0.2, 0.25) is 0 Å². The Morgan fingerprint density at radius 2 is 0.359 bits per heavy atom. The average molecular weight is 1830 g/mol. The van der Waals surface area contributed by atoms with Crippen molar-refractivity contribution < 1.29 is 71.6 Å². The van der Waals surface area contributed by atoms with Crippen LogP contribution in [0.1, 0.15) is 175 Å². The topological polar surface area (TPSA) is 223 Å². The number of sulfonamides is 4. The van der Waals surface area contributed by atoms with Crippen LogP contribution in [0.15, 0.2) is 245 Å². The molecule has 128 heavy (non-hydrogen) atoms. The van der Waals surface area contributed by atoms with E-state index in [1.807, 2.05) is 246 Å². The molecule has 12 rings (SSSR count). The van der Waals surface area contributed by atoms with Gasteiger partial charge in [0.05, 0.1) is 77.9 Å². The van der Waals surface area contributed by atoms with E-state index >= 15 is 0 Å². The zero-order valence-corrected chi connectivity index (χ0v) is 80.7. The first-order valence-electron chi connectivity index (χ1n) is 44.9. The number of hydrogen-bond acceptors (Lipinski definition) is 16.